The highest BCUT2D eigenvalue weighted by molar-refractivity contribution is 6.38. The molecule has 1 aliphatic heterocycles. The maximum Gasteiger partial charge on any atom is 0.267 e. The highest BCUT2D eigenvalue weighted by Crippen LogP contribution is 2.36. The molecule has 0 aliphatic carbocycles. The van der Waals surface area contributed by atoms with Crippen LogP contribution in [0.15, 0.2) is 48.7 Å². The average Bonchev–Trinajstić information content (AvgIpc) is 3.24. The molecule has 5 rings (SSSR count). The molecule has 0 spiro atoms. The van der Waals surface area contributed by atoms with Crippen LogP contribution in [0.3, 0.4) is 0 Å². The van der Waals surface area contributed by atoms with E-state index in [1.54, 1.807) is 0 Å². The van der Waals surface area contributed by atoms with E-state index in [1.165, 1.54) is 30.5 Å². The number of pyridine rings is 1. The fraction of sp³-hybridized carbons (Fsp3) is 0. The number of rotatable bonds is 2. The van der Waals surface area contributed by atoms with Gasteiger partial charge in [0.15, 0.2) is 17.3 Å². The van der Waals surface area contributed by atoms with Gasteiger partial charge in [0.25, 0.3) is 11.8 Å². The van der Waals surface area contributed by atoms with Crippen LogP contribution < -0.4 is 4.90 Å². The number of aromatic amines is 1. The van der Waals surface area contributed by atoms with Crippen LogP contribution in [0, 0.1) is 17.5 Å². The number of fused-ring (bicyclic) bond motifs is 3. The summed E-state index contributed by atoms with van der Waals surface area (Å²) in [5.41, 5.74) is 1.06. The summed E-state index contributed by atoms with van der Waals surface area (Å²) in [6.45, 7) is 0. The van der Waals surface area contributed by atoms with Crippen molar-refractivity contribution in [3.8, 4) is 11.3 Å². The highest BCUT2D eigenvalue weighted by Gasteiger charge is 2.40. The second-order valence-electron chi connectivity index (χ2n) is 6.40. The van der Waals surface area contributed by atoms with Crippen LogP contribution in [0.4, 0.5) is 18.9 Å². The Morgan fingerprint density at radius 1 is 0.897 bits per heavy atom. The maximum absolute atomic E-state index is 13.7. The van der Waals surface area contributed by atoms with E-state index in [-0.39, 0.29) is 27.8 Å². The molecule has 0 atom stereocenters. The summed E-state index contributed by atoms with van der Waals surface area (Å²) in [6, 6.07) is 8.24. The summed E-state index contributed by atoms with van der Waals surface area (Å²) in [6.07, 6.45) is 1.22. The lowest BCUT2D eigenvalue weighted by Crippen LogP contribution is -2.29. The van der Waals surface area contributed by atoms with Crippen LogP contribution in [-0.4, -0.2) is 27.0 Å². The smallest absolute Gasteiger partial charge is 0.267 e. The van der Waals surface area contributed by atoms with E-state index in [4.69, 9.17) is 0 Å². The number of aromatic nitrogens is 3. The number of hydrogen-bond donors (Lipinski definition) is 1. The summed E-state index contributed by atoms with van der Waals surface area (Å²) >= 11 is 0. The van der Waals surface area contributed by atoms with Crippen LogP contribution in [0.2, 0.25) is 0 Å². The Kier molecular flexibility index (Phi) is 3.54. The van der Waals surface area contributed by atoms with Gasteiger partial charge in [-0.25, -0.2) is 23.1 Å². The van der Waals surface area contributed by atoms with Crippen molar-refractivity contribution >= 4 is 28.5 Å². The third-order valence-corrected chi connectivity index (χ3v) is 4.73. The predicted octanol–water partition coefficient (Wildman–Crippen LogP) is 3.84. The number of benzene rings is 2. The van der Waals surface area contributed by atoms with Gasteiger partial charge in [-0.3, -0.25) is 14.7 Å². The molecule has 2 aromatic heterocycles. The van der Waals surface area contributed by atoms with E-state index in [9.17, 15) is 22.8 Å². The van der Waals surface area contributed by atoms with Gasteiger partial charge in [0.05, 0.1) is 27.9 Å². The first-order chi connectivity index (χ1) is 14.0. The zero-order valence-electron chi connectivity index (χ0n) is 14.4. The van der Waals surface area contributed by atoms with Gasteiger partial charge >= 0.3 is 0 Å². The average molecular weight is 394 g/mol. The van der Waals surface area contributed by atoms with Crippen molar-refractivity contribution in [1.82, 2.24) is 15.2 Å². The van der Waals surface area contributed by atoms with Crippen LogP contribution >= 0.6 is 0 Å². The van der Waals surface area contributed by atoms with E-state index in [1.807, 2.05) is 0 Å². The summed E-state index contributed by atoms with van der Waals surface area (Å²) in [5.74, 6) is -4.14. The first-order valence-corrected chi connectivity index (χ1v) is 8.42. The Labute approximate surface area is 160 Å². The maximum atomic E-state index is 13.7. The molecule has 29 heavy (non-hydrogen) atoms. The minimum atomic E-state index is -1.18. The number of nitrogens with zero attached hydrogens (tertiary/aromatic N) is 3. The van der Waals surface area contributed by atoms with Gasteiger partial charge in [-0.15, -0.1) is 0 Å². The van der Waals surface area contributed by atoms with Crippen LogP contribution in [-0.2, 0) is 0 Å². The van der Waals surface area contributed by atoms with E-state index < -0.39 is 29.3 Å². The molecule has 3 heterocycles. The molecule has 4 aromatic rings. The van der Waals surface area contributed by atoms with Crippen LogP contribution in [0.1, 0.15) is 20.7 Å². The largest absolute Gasteiger partial charge is 0.275 e. The van der Waals surface area contributed by atoms with Gasteiger partial charge in [-0.2, -0.15) is 5.10 Å². The zero-order chi connectivity index (χ0) is 20.3. The van der Waals surface area contributed by atoms with E-state index in [0.29, 0.717) is 11.3 Å². The first-order valence-electron chi connectivity index (χ1n) is 8.42. The number of anilines is 1. The third kappa shape index (κ3) is 2.44. The van der Waals surface area contributed by atoms with Gasteiger partial charge < -0.3 is 0 Å². The lowest BCUT2D eigenvalue weighted by molar-refractivity contribution is 0.0926. The molecule has 142 valence electrons. The molecule has 0 radical (unpaired) electrons. The number of amides is 2. The van der Waals surface area contributed by atoms with Crippen molar-refractivity contribution in [2.24, 2.45) is 0 Å². The molecule has 1 N–H and O–H groups in total. The normalized spacial score (nSPS) is 13.4. The summed E-state index contributed by atoms with van der Waals surface area (Å²) in [4.78, 5) is 30.8. The van der Waals surface area contributed by atoms with Crippen LogP contribution in [0.5, 0.6) is 0 Å². The number of imide groups is 1. The molecule has 0 fully saturated rings. The second kappa shape index (κ2) is 5.99. The molecule has 0 saturated carbocycles. The van der Waals surface area contributed by atoms with Crippen molar-refractivity contribution in [3.63, 3.8) is 0 Å². The monoisotopic (exact) mass is 394 g/mol. The van der Waals surface area contributed by atoms with Gasteiger partial charge in [0, 0.05) is 17.8 Å². The van der Waals surface area contributed by atoms with Crippen molar-refractivity contribution in [1.29, 1.82) is 0 Å². The van der Waals surface area contributed by atoms with Crippen molar-refractivity contribution in [2.45, 2.75) is 0 Å². The molecular weight excluding hydrogens is 385 g/mol. The fourth-order valence-electron chi connectivity index (χ4n) is 3.38. The Bertz CT molecular complexity index is 1330. The number of carbonyl (C=O) groups is 2. The molecule has 0 saturated heterocycles. The Morgan fingerprint density at radius 3 is 2.38 bits per heavy atom. The molecule has 6 nitrogen and oxygen atoms in total. The number of hydrogen-bond acceptors (Lipinski definition) is 4. The number of carbonyl (C=O) groups excluding carboxylic acids is 2. The van der Waals surface area contributed by atoms with E-state index in [0.717, 1.165) is 23.1 Å². The van der Waals surface area contributed by atoms with Gasteiger partial charge in [0.1, 0.15) is 5.82 Å². The van der Waals surface area contributed by atoms with Crippen LogP contribution in [0.25, 0.3) is 22.3 Å². The molecule has 1 aliphatic rings. The highest BCUT2D eigenvalue weighted by atomic mass is 19.2. The second-order valence-corrected chi connectivity index (χ2v) is 6.40. The van der Waals surface area contributed by atoms with E-state index in [2.05, 4.69) is 15.2 Å². The summed E-state index contributed by atoms with van der Waals surface area (Å²) < 4.78 is 40.2. The molecule has 9 heteroatoms. The summed E-state index contributed by atoms with van der Waals surface area (Å²) in [5, 5.41) is 7.11. The molecule has 2 aromatic carbocycles. The number of nitrogens with one attached hydrogen (secondary N) is 1. The Balaban J connectivity index is 1.71. The quantitative estimate of drug-likeness (QED) is 0.524. The SMILES string of the molecule is O=C1c2cnc3n[nH]c(-c4ccc(F)cc4)c3c2C(=O)N1c1ccc(F)c(F)c1. The van der Waals surface area contributed by atoms with Crippen molar-refractivity contribution < 1.29 is 22.8 Å². The topological polar surface area (TPSA) is 79.0 Å². The zero-order valence-corrected chi connectivity index (χ0v) is 14.4. The Morgan fingerprint density at radius 2 is 1.66 bits per heavy atom. The summed E-state index contributed by atoms with van der Waals surface area (Å²) in [7, 11) is 0. The van der Waals surface area contributed by atoms with Crippen molar-refractivity contribution in [3.05, 3.63) is 77.2 Å². The predicted molar refractivity (Wildman–Crippen MR) is 96.8 cm³/mol. The molecule has 0 bridgehead atoms. The van der Waals surface area contributed by atoms with Gasteiger partial charge in [-0.05, 0) is 36.4 Å². The lowest BCUT2D eigenvalue weighted by atomic mass is 10.0. The fourth-order valence-corrected chi connectivity index (χ4v) is 3.38. The molecular formula is C20H9F3N4O2. The standard InChI is InChI=1S/C20H9F3N4O2/c21-10-3-1-9(2-4-10)17-16-15-12(8-24-18(16)26-25-17)19(28)27(20(15)29)11-5-6-13(22)14(23)7-11/h1-8H,(H,24,25,26). The molecule has 0 unspecified atom stereocenters. The first kappa shape index (κ1) is 17.1. The van der Waals surface area contributed by atoms with E-state index >= 15 is 0 Å². The minimum absolute atomic E-state index is 0.0111. The Hall–Kier alpha value is -4.01. The van der Waals surface area contributed by atoms with Crippen molar-refractivity contribution in [2.75, 3.05) is 4.90 Å². The number of halogens is 3. The van der Waals surface area contributed by atoms with Gasteiger partial charge in [-0.1, -0.05) is 0 Å². The van der Waals surface area contributed by atoms with Gasteiger partial charge in [0.2, 0.25) is 0 Å². The number of H-pyrrole nitrogens is 1. The minimum Gasteiger partial charge on any atom is -0.275 e. The lowest BCUT2D eigenvalue weighted by Gasteiger charge is -2.13. The molecule has 2 amide bonds. The third-order valence-electron chi connectivity index (χ3n) is 4.73.